The molecule has 1 fully saturated rings. The van der Waals surface area contributed by atoms with Crippen LogP contribution in [0.15, 0.2) is 71.8 Å². The molecule has 1 aliphatic rings. The maximum absolute atomic E-state index is 15.8. The highest BCUT2D eigenvalue weighted by Crippen LogP contribution is 2.43. The van der Waals surface area contributed by atoms with Crippen LogP contribution in [0.25, 0.3) is 10.8 Å². The lowest BCUT2D eigenvalue weighted by Gasteiger charge is -2.32. The van der Waals surface area contributed by atoms with Gasteiger partial charge in [-0.05, 0) is 53.8 Å². The van der Waals surface area contributed by atoms with Crippen molar-refractivity contribution in [1.82, 2.24) is 9.88 Å². The standard InChI is InChI=1S/C32H33FN4O7S/c1-4-45(41,42)27-8-6-5-7-21(27)29-22(32(39)40)12-14-37(29)31(38)28(23-16-25(43-2)26(44-3)17-24(23)33)36-19-9-10-20-18(15-19)11-13-35-30(20)34/h5-11,13,15-17,22,28-29,36H,4,12,14H2,1-3H3,(H2,34,35)(H,39,40)/t22?,28-,29?/m1/s1. The molecule has 4 aromatic rings. The van der Waals surface area contributed by atoms with Gasteiger partial charge < -0.3 is 30.5 Å². The van der Waals surface area contributed by atoms with Crippen molar-refractivity contribution < 1.29 is 37.0 Å². The molecule has 0 aliphatic carbocycles. The number of nitrogens with one attached hydrogen (secondary N) is 1. The van der Waals surface area contributed by atoms with Crippen LogP contribution < -0.4 is 20.5 Å². The minimum absolute atomic E-state index is 0.00597. The normalized spacial score (nSPS) is 17.2. The van der Waals surface area contributed by atoms with Crippen molar-refractivity contribution in [3.8, 4) is 11.5 Å². The predicted molar refractivity (Wildman–Crippen MR) is 166 cm³/mol. The van der Waals surface area contributed by atoms with Crippen LogP contribution >= 0.6 is 0 Å². The number of carboxylic acid groups (broad SMARTS) is 1. The fraction of sp³-hybridized carbons (Fsp3) is 0.281. The first-order valence-electron chi connectivity index (χ1n) is 14.2. The average molecular weight is 637 g/mol. The SMILES string of the molecule is CCS(=O)(=O)c1ccccc1C1C(C(=O)O)CCN1C(=O)[C@H](Nc1ccc2c(N)nccc2c1)c1cc(OC)c(OC)cc1F. The first-order valence-corrected chi connectivity index (χ1v) is 15.8. The van der Waals surface area contributed by atoms with E-state index in [-0.39, 0.29) is 46.2 Å². The Morgan fingerprint density at radius 2 is 1.82 bits per heavy atom. The van der Waals surface area contributed by atoms with Crippen LogP contribution in [0.4, 0.5) is 15.9 Å². The van der Waals surface area contributed by atoms with Crippen LogP contribution in [-0.4, -0.2) is 61.8 Å². The van der Waals surface area contributed by atoms with Crippen LogP contribution in [0, 0.1) is 11.7 Å². The highest BCUT2D eigenvalue weighted by atomic mass is 32.2. The van der Waals surface area contributed by atoms with E-state index in [0.29, 0.717) is 16.9 Å². The van der Waals surface area contributed by atoms with E-state index in [1.165, 1.54) is 44.2 Å². The van der Waals surface area contributed by atoms with Gasteiger partial charge in [0.1, 0.15) is 17.7 Å². The molecule has 236 valence electrons. The zero-order valence-corrected chi connectivity index (χ0v) is 25.7. The van der Waals surface area contributed by atoms with Crippen molar-refractivity contribution >= 4 is 44.0 Å². The number of halogens is 1. The van der Waals surface area contributed by atoms with E-state index in [9.17, 15) is 23.1 Å². The molecule has 1 aromatic heterocycles. The van der Waals surface area contributed by atoms with Crippen molar-refractivity contribution in [2.75, 3.05) is 37.6 Å². The fourth-order valence-electron chi connectivity index (χ4n) is 5.83. The van der Waals surface area contributed by atoms with E-state index in [1.54, 1.807) is 42.6 Å². The summed E-state index contributed by atoms with van der Waals surface area (Å²) in [5, 5.41) is 14.7. The zero-order valence-electron chi connectivity index (χ0n) is 24.9. The van der Waals surface area contributed by atoms with Gasteiger partial charge in [-0.15, -0.1) is 0 Å². The number of fused-ring (bicyclic) bond motifs is 1. The number of nitrogens with zero attached hydrogens (tertiary/aromatic N) is 2. The minimum atomic E-state index is -3.79. The molecule has 1 aliphatic heterocycles. The molecule has 0 spiro atoms. The Morgan fingerprint density at radius 1 is 1.11 bits per heavy atom. The first kappa shape index (κ1) is 31.5. The number of nitrogens with two attached hydrogens (primary N) is 1. The Bertz CT molecular complexity index is 1890. The van der Waals surface area contributed by atoms with E-state index < -0.39 is 45.5 Å². The summed E-state index contributed by atoms with van der Waals surface area (Å²) in [5.74, 6) is -3.33. The van der Waals surface area contributed by atoms with Gasteiger partial charge in [0.05, 0.1) is 36.8 Å². The second kappa shape index (κ2) is 12.6. The van der Waals surface area contributed by atoms with Gasteiger partial charge in [-0.2, -0.15) is 0 Å². The number of methoxy groups -OCH3 is 2. The number of sulfone groups is 1. The molecule has 0 radical (unpaired) electrons. The summed E-state index contributed by atoms with van der Waals surface area (Å²) < 4.78 is 52.6. The van der Waals surface area contributed by atoms with Crippen LogP contribution in [0.5, 0.6) is 11.5 Å². The monoisotopic (exact) mass is 636 g/mol. The summed E-state index contributed by atoms with van der Waals surface area (Å²) in [6, 6.07) is 12.9. The number of aromatic nitrogens is 1. The maximum atomic E-state index is 15.8. The number of ether oxygens (including phenoxy) is 2. The molecule has 3 atom stereocenters. The summed E-state index contributed by atoms with van der Waals surface area (Å²) in [5.41, 5.74) is 6.56. The summed E-state index contributed by atoms with van der Waals surface area (Å²) in [6.45, 7) is 1.49. The smallest absolute Gasteiger partial charge is 0.309 e. The van der Waals surface area contributed by atoms with E-state index in [4.69, 9.17) is 15.2 Å². The van der Waals surface area contributed by atoms with Gasteiger partial charge in [0.2, 0.25) is 5.91 Å². The number of anilines is 2. The maximum Gasteiger partial charge on any atom is 0.309 e. The number of nitrogen functional groups attached to an aromatic ring is 1. The number of amides is 1. The number of pyridine rings is 1. The molecular weight excluding hydrogens is 603 g/mol. The Labute approximate surface area is 259 Å². The van der Waals surface area contributed by atoms with E-state index in [2.05, 4.69) is 10.3 Å². The number of carbonyl (C=O) groups is 2. The second-order valence-electron chi connectivity index (χ2n) is 10.6. The van der Waals surface area contributed by atoms with Crippen molar-refractivity contribution in [2.24, 2.45) is 5.92 Å². The lowest BCUT2D eigenvalue weighted by Crippen LogP contribution is -2.40. The number of likely N-dealkylation sites (tertiary alicyclic amines) is 1. The number of benzene rings is 3. The molecule has 0 bridgehead atoms. The van der Waals surface area contributed by atoms with Gasteiger partial charge in [-0.25, -0.2) is 17.8 Å². The number of aliphatic carboxylic acids is 1. The zero-order chi connectivity index (χ0) is 32.5. The molecule has 2 unspecified atom stereocenters. The Hall–Kier alpha value is -4.91. The largest absolute Gasteiger partial charge is 0.493 e. The number of hydrogen-bond acceptors (Lipinski definition) is 9. The molecular formula is C32H33FN4O7S. The van der Waals surface area contributed by atoms with Crippen LogP contribution in [0.1, 0.15) is 36.6 Å². The molecule has 0 saturated carbocycles. The minimum Gasteiger partial charge on any atom is -0.493 e. The van der Waals surface area contributed by atoms with Gasteiger partial charge in [-0.1, -0.05) is 25.1 Å². The molecule has 1 amide bonds. The van der Waals surface area contributed by atoms with Crippen molar-refractivity contribution in [2.45, 2.75) is 30.3 Å². The predicted octanol–water partition coefficient (Wildman–Crippen LogP) is 4.59. The molecule has 1 saturated heterocycles. The third-order valence-corrected chi connectivity index (χ3v) is 9.92. The Kier molecular flexibility index (Phi) is 8.82. The van der Waals surface area contributed by atoms with Gasteiger partial charge in [-0.3, -0.25) is 9.59 Å². The lowest BCUT2D eigenvalue weighted by molar-refractivity contribution is -0.143. The first-order chi connectivity index (χ1) is 21.5. The lowest BCUT2D eigenvalue weighted by atomic mass is 9.93. The molecule has 45 heavy (non-hydrogen) atoms. The van der Waals surface area contributed by atoms with Gasteiger partial charge in [0, 0.05) is 35.4 Å². The fourth-order valence-corrected chi connectivity index (χ4v) is 6.98. The molecule has 3 aromatic carbocycles. The highest BCUT2D eigenvalue weighted by molar-refractivity contribution is 7.91. The summed E-state index contributed by atoms with van der Waals surface area (Å²) >= 11 is 0. The van der Waals surface area contributed by atoms with E-state index in [1.807, 2.05) is 0 Å². The average Bonchev–Trinajstić information content (AvgIpc) is 3.49. The van der Waals surface area contributed by atoms with Crippen molar-refractivity contribution in [3.05, 3.63) is 83.8 Å². The molecule has 11 nitrogen and oxygen atoms in total. The third kappa shape index (κ3) is 5.95. The van der Waals surface area contributed by atoms with Gasteiger partial charge in [0.25, 0.3) is 0 Å². The Morgan fingerprint density at radius 3 is 2.51 bits per heavy atom. The van der Waals surface area contributed by atoms with E-state index >= 15 is 4.39 Å². The van der Waals surface area contributed by atoms with Crippen LogP contribution in [0.3, 0.4) is 0 Å². The van der Waals surface area contributed by atoms with E-state index in [0.717, 1.165) is 11.5 Å². The van der Waals surface area contributed by atoms with Crippen molar-refractivity contribution in [3.63, 3.8) is 0 Å². The summed E-state index contributed by atoms with van der Waals surface area (Å²) in [4.78, 5) is 32.4. The topological polar surface area (TPSA) is 161 Å². The summed E-state index contributed by atoms with van der Waals surface area (Å²) in [7, 11) is -1.05. The molecule has 13 heteroatoms. The summed E-state index contributed by atoms with van der Waals surface area (Å²) in [6.07, 6.45) is 1.61. The number of rotatable bonds is 10. The number of hydrogen-bond donors (Lipinski definition) is 3. The molecule has 4 N–H and O–H groups in total. The highest BCUT2D eigenvalue weighted by Gasteiger charge is 2.46. The number of carbonyl (C=O) groups excluding carboxylic acids is 1. The van der Waals surface area contributed by atoms with Gasteiger partial charge in [0.15, 0.2) is 21.3 Å². The number of carboxylic acids is 1. The quantitative estimate of drug-likeness (QED) is 0.224. The van der Waals surface area contributed by atoms with Crippen LogP contribution in [-0.2, 0) is 19.4 Å². The van der Waals surface area contributed by atoms with Crippen LogP contribution in [0.2, 0.25) is 0 Å². The molecule has 2 heterocycles. The van der Waals surface area contributed by atoms with Gasteiger partial charge >= 0.3 is 5.97 Å². The molecule has 5 rings (SSSR count). The Balaban J connectivity index is 1.66. The van der Waals surface area contributed by atoms with Crippen molar-refractivity contribution in [1.29, 1.82) is 0 Å². The second-order valence-corrected chi connectivity index (χ2v) is 12.8. The third-order valence-electron chi connectivity index (χ3n) is 8.12.